The predicted octanol–water partition coefficient (Wildman–Crippen LogP) is 3.89. The van der Waals surface area contributed by atoms with Crippen LogP contribution in [0.5, 0.6) is 0 Å². The van der Waals surface area contributed by atoms with Crippen LogP contribution in [0.1, 0.15) is 24.0 Å². The fourth-order valence-corrected chi connectivity index (χ4v) is 3.30. The Morgan fingerprint density at radius 2 is 1.88 bits per heavy atom. The van der Waals surface area contributed by atoms with Crippen molar-refractivity contribution in [1.29, 1.82) is 0 Å². The van der Waals surface area contributed by atoms with Crippen LogP contribution in [0.4, 0.5) is 0 Å². The number of rotatable bonds is 5. The Balaban J connectivity index is 2.12. The summed E-state index contributed by atoms with van der Waals surface area (Å²) in [7, 11) is 0. The summed E-state index contributed by atoms with van der Waals surface area (Å²) >= 11 is 6.11. The molecule has 24 heavy (non-hydrogen) atoms. The molecule has 2 unspecified atom stereocenters. The summed E-state index contributed by atoms with van der Waals surface area (Å²) in [6.07, 6.45) is 2.64. The molecular formula is C20H22ClN3. The third-order valence-corrected chi connectivity index (χ3v) is 4.87. The number of aromatic nitrogens is 1. The average Bonchev–Trinajstić information content (AvgIpc) is 2.60. The van der Waals surface area contributed by atoms with Crippen LogP contribution in [0, 0.1) is 0 Å². The quantitative estimate of drug-likeness (QED) is 0.741. The number of halogens is 1. The summed E-state index contributed by atoms with van der Waals surface area (Å²) < 4.78 is 0. The van der Waals surface area contributed by atoms with Crippen molar-refractivity contribution in [2.24, 2.45) is 11.5 Å². The van der Waals surface area contributed by atoms with Crippen molar-refractivity contribution < 1.29 is 0 Å². The van der Waals surface area contributed by atoms with Gasteiger partial charge >= 0.3 is 0 Å². The van der Waals surface area contributed by atoms with E-state index in [2.05, 4.69) is 17.1 Å². The van der Waals surface area contributed by atoms with E-state index in [0.717, 1.165) is 22.9 Å². The van der Waals surface area contributed by atoms with E-state index >= 15 is 0 Å². The van der Waals surface area contributed by atoms with Gasteiger partial charge in [-0.3, -0.25) is 4.98 Å². The molecule has 0 spiro atoms. The minimum Gasteiger partial charge on any atom is -0.329 e. The van der Waals surface area contributed by atoms with E-state index in [0.29, 0.717) is 11.6 Å². The zero-order valence-corrected chi connectivity index (χ0v) is 14.5. The van der Waals surface area contributed by atoms with Gasteiger partial charge in [-0.2, -0.15) is 0 Å². The van der Waals surface area contributed by atoms with E-state index in [9.17, 15) is 0 Å². The molecule has 1 heterocycles. The number of hydrogen-bond acceptors (Lipinski definition) is 3. The number of nitrogens with two attached hydrogens (primary N) is 2. The van der Waals surface area contributed by atoms with E-state index in [4.69, 9.17) is 23.1 Å². The van der Waals surface area contributed by atoms with E-state index in [1.807, 2.05) is 55.6 Å². The van der Waals surface area contributed by atoms with Gasteiger partial charge in [0.1, 0.15) is 0 Å². The molecule has 3 nitrogen and oxygen atoms in total. The normalized spacial score (nSPS) is 15.2. The van der Waals surface area contributed by atoms with Crippen molar-refractivity contribution in [1.82, 2.24) is 4.98 Å². The van der Waals surface area contributed by atoms with E-state index in [1.54, 1.807) is 0 Å². The van der Waals surface area contributed by atoms with E-state index in [-0.39, 0.29) is 5.92 Å². The first-order valence-corrected chi connectivity index (χ1v) is 8.46. The van der Waals surface area contributed by atoms with E-state index in [1.165, 1.54) is 5.56 Å². The molecular weight excluding hydrogens is 318 g/mol. The molecule has 0 saturated carbocycles. The zero-order chi connectivity index (χ0) is 17.2. The molecule has 0 aliphatic rings. The molecule has 0 aliphatic carbocycles. The van der Waals surface area contributed by atoms with Gasteiger partial charge in [-0.25, -0.2) is 0 Å². The summed E-state index contributed by atoms with van der Waals surface area (Å²) in [6.45, 7) is 2.42. The zero-order valence-electron chi connectivity index (χ0n) is 13.7. The highest BCUT2D eigenvalue weighted by atomic mass is 35.5. The van der Waals surface area contributed by atoms with Crippen LogP contribution in [0.2, 0.25) is 5.02 Å². The first-order chi connectivity index (χ1) is 11.5. The molecule has 0 bridgehead atoms. The van der Waals surface area contributed by atoms with Gasteiger partial charge in [0, 0.05) is 34.6 Å². The summed E-state index contributed by atoms with van der Waals surface area (Å²) in [4.78, 5) is 4.44. The van der Waals surface area contributed by atoms with Gasteiger partial charge < -0.3 is 11.5 Å². The second-order valence-corrected chi connectivity index (χ2v) is 6.95. The van der Waals surface area contributed by atoms with Gasteiger partial charge in [0.15, 0.2) is 0 Å². The first-order valence-electron chi connectivity index (χ1n) is 8.08. The molecule has 4 N–H and O–H groups in total. The van der Waals surface area contributed by atoms with Crippen molar-refractivity contribution in [3.63, 3.8) is 0 Å². The Bertz CT molecular complexity index is 831. The van der Waals surface area contributed by atoms with Gasteiger partial charge in [0.05, 0.1) is 5.52 Å². The first kappa shape index (κ1) is 16.9. The minimum atomic E-state index is -0.524. The lowest BCUT2D eigenvalue weighted by Gasteiger charge is -2.34. The summed E-state index contributed by atoms with van der Waals surface area (Å²) in [5.74, 6) is 0.0802. The molecule has 124 valence electrons. The number of fused-ring (bicyclic) bond motifs is 1. The molecule has 0 amide bonds. The van der Waals surface area contributed by atoms with Gasteiger partial charge in [0.2, 0.25) is 0 Å². The highest BCUT2D eigenvalue weighted by Gasteiger charge is 2.31. The van der Waals surface area contributed by atoms with Gasteiger partial charge in [-0.1, -0.05) is 48.0 Å². The van der Waals surface area contributed by atoms with Gasteiger partial charge in [-0.15, -0.1) is 0 Å². The molecule has 0 radical (unpaired) electrons. The Morgan fingerprint density at radius 3 is 2.58 bits per heavy atom. The predicted molar refractivity (Wildman–Crippen MR) is 101 cm³/mol. The molecule has 0 saturated heterocycles. The van der Waals surface area contributed by atoms with Crippen LogP contribution >= 0.6 is 11.6 Å². The van der Waals surface area contributed by atoms with Crippen molar-refractivity contribution in [2.45, 2.75) is 24.8 Å². The highest BCUT2D eigenvalue weighted by Crippen LogP contribution is 2.34. The van der Waals surface area contributed by atoms with Crippen LogP contribution in [-0.2, 0) is 6.42 Å². The minimum absolute atomic E-state index is 0.0802. The molecule has 0 fully saturated rings. The fraction of sp³-hybridized carbons (Fsp3) is 0.250. The van der Waals surface area contributed by atoms with Crippen LogP contribution in [-0.4, -0.2) is 17.1 Å². The fourth-order valence-electron chi connectivity index (χ4n) is 3.14. The van der Waals surface area contributed by atoms with Crippen LogP contribution in [0.3, 0.4) is 0 Å². The van der Waals surface area contributed by atoms with Gasteiger partial charge in [-0.05, 0) is 42.7 Å². The third-order valence-electron chi connectivity index (χ3n) is 4.63. The van der Waals surface area contributed by atoms with Crippen LogP contribution in [0.15, 0.2) is 60.8 Å². The third kappa shape index (κ3) is 3.44. The number of benzene rings is 2. The molecule has 3 rings (SSSR count). The molecule has 1 aromatic heterocycles. The maximum absolute atomic E-state index is 6.59. The molecule has 2 atom stereocenters. The monoisotopic (exact) mass is 339 g/mol. The SMILES string of the molecule is CC(N)(CN)C(Cc1ccccc1)c1ccnc2cc(Cl)ccc12. The lowest BCUT2D eigenvalue weighted by atomic mass is 9.76. The molecule has 3 aromatic rings. The Morgan fingerprint density at radius 1 is 1.12 bits per heavy atom. The summed E-state index contributed by atoms with van der Waals surface area (Å²) in [5.41, 5.74) is 15.4. The smallest absolute Gasteiger partial charge is 0.0719 e. The van der Waals surface area contributed by atoms with Crippen LogP contribution in [0.25, 0.3) is 10.9 Å². The Kier molecular flexibility index (Phi) is 4.86. The highest BCUT2D eigenvalue weighted by molar-refractivity contribution is 6.31. The number of hydrogen-bond donors (Lipinski definition) is 2. The van der Waals surface area contributed by atoms with Gasteiger partial charge in [0.25, 0.3) is 0 Å². The summed E-state index contributed by atoms with van der Waals surface area (Å²) in [6, 6.07) is 18.2. The van der Waals surface area contributed by atoms with Crippen molar-refractivity contribution >= 4 is 22.5 Å². The van der Waals surface area contributed by atoms with E-state index < -0.39 is 5.54 Å². The van der Waals surface area contributed by atoms with Crippen molar-refractivity contribution in [2.75, 3.05) is 6.54 Å². The Hall–Kier alpha value is -1.94. The average molecular weight is 340 g/mol. The van der Waals surface area contributed by atoms with Crippen molar-refractivity contribution in [3.8, 4) is 0 Å². The lowest BCUT2D eigenvalue weighted by molar-refractivity contribution is 0.384. The lowest BCUT2D eigenvalue weighted by Crippen LogP contribution is -2.50. The standard InChI is InChI=1S/C20H22ClN3/c1-20(23,13-22)18(11-14-5-3-2-4-6-14)16-9-10-24-19-12-15(21)7-8-17(16)19/h2-10,12,18H,11,13,22-23H2,1H3. The second-order valence-electron chi connectivity index (χ2n) is 6.51. The maximum Gasteiger partial charge on any atom is 0.0719 e. The largest absolute Gasteiger partial charge is 0.329 e. The van der Waals surface area contributed by atoms with Crippen LogP contribution < -0.4 is 11.5 Å². The number of nitrogens with zero attached hydrogens (tertiary/aromatic N) is 1. The molecule has 4 heteroatoms. The molecule has 2 aromatic carbocycles. The van der Waals surface area contributed by atoms with Crippen molar-refractivity contribution in [3.05, 3.63) is 76.9 Å². The second kappa shape index (κ2) is 6.89. The Labute approximate surface area is 147 Å². The summed E-state index contributed by atoms with van der Waals surface area (Å²) in [5, 5.41) is 1.76. The molecule has 0 aliphatic heterocycles. The number of pyridine rings is 1. The topological polar surface area (TPSA) is 64.9 Å². The maximum atomic E-state index is 6.59.